The molecule has 0 saturated carbocycles. The minimum atomic E-state index is -0.567. The highest BCUT2D eigenvalue weighted by molar-refractivity contribution is 7.99. The number of amides is 1. The van der Waals surface area contributed by atoms with Crippen LogP contribution in [0.4, 0.5) is 15.8 Å². The van der Waals surface area contributed by atoms with Crippen molar-refractivity contribution in [2.45, 2.75) is 11.8 Å². The van der Waals surface area contributed by atoms with Crippen LogP contribution in [-0.4, -0.2) is 38.9 Å². The Bertz CT molecular complexity index is 1060. The third kappa shape index (κ3) is 5.44. The Labute approximate surface area is 174 Å². The smallest absolute Gasteiger partial charge is 0.271 e. The lowest BCUT2D eigenvalue weighted by Gasteiger charge is -2.09. The van der Waals surface area contributed by atoms with E-state index in [1.807, 2.05) is 0 Å². The number of ether oxygens (including phenoxy) is 2. The van der Waals surface area contributed by atoms with Gasteiger partial charge in [-0.05, 0) is 18.2 Å². The Balaban J connectivity index is 1.54. The molecule has 1 aromatic heterocycles. The molecule has 12 heteroatoms. The average molecular weight is 433 g/mol. The first-order chi connectivity index (χ1) is 14.5. The van der Waals surface area contributed by atoms with Crippen molar-refractivity contribution in [3.63, 3.8) is 0 Å². The third-order valence-electron chi connectivity index (χ3n) is 3.71. The van der Waals surface area contributed by atoms with Crippen molar-refractivity contribution in [3.8, 4) is 11.5 Å². The molecular formula is C18H16FN5O5S. The predicted octanol–water partition coefficient (Wildman–Crippen LogP) is 3.17. The van der Waals surface area contributed by atoms with Crippen LogP contribution in [0.15, 0.2) is 47.6 Å². The van der Waals surface area contributed by atoms with Crippen LogP contribution in [0.2, 0.25) is 0 Å². The number of nitro groups is 1. The largest absolute Gasteiger partial charge is 0.495 e. The molecule has 0 bridgehead atoms. The van der Waals surface area contributed by atoms with Crippen LogP contribution < -0.4 is 14.8 Å². The molecule has 2 N–H and O–H groups in total. The van der Waals surface area contributed by atoms with Gasteiger partial charge >= 0.3 is 0 Å². The monoisotopic (exact) mass is 433 g/mol. The predicted molar refractivity (Wildman–Crippen MR) is 106 cm³/mol. The number of aromatic amines is 1. The second kappa shape index (κ2) is 9.69. The number of halogens is 1. The molecule has 0 saturated heterocycles. The number of hydrogen-bond donors (Lipinski definition) is 2. The molecule has 1 heterocycles. The van der Waals surface area contributed by atoms with Crippen molar-refractivity contribution in [1.82, 2.24) is 15.2 Å². The summed E-state index contributed by atoms with van der Waals surface area (Å²) in [5, 5.41) is 20.4. The van der Waals surface area contributed by atoms with Gasteiger partial charge in [0.25, 0.3) is 5.69 Å². The van der Waals surface area contributed by atoms with Gasteiger partial charge in [-0.2, -0.15) is 0 Å². The van der Waals surface area contributed by atoms with E-state index < -0.39 is 16.6 Å². The Morgan fingerprint density at radius 1 is 1.30 bits per heavy atom. The number of thioether (sulfide) groups is 1. The van der Waals surface area contributed by atoms with Gasteiger partial charge in [-0.3, -0.25) is 20.0 Å². The topological polar surface area (TPSA) is 132 Å². The van der Waals surface area contributed by atoms with Crippen LogP contribution in [-0.2, 0) is 11.4 Å². The molecule has 30 heavy (non-hydrogen) atoms. The number of rotatable bonds is 9. The van der Waals surface area contributed by atoms with E-state index in [4.69, 9.17) is 9.47 Å². The number of carbonyl (C=O) groups is 1. The molecule has 1 amide bonds. The number of nitrogens with one attached hydrogen (secondary N) is 2. The van der Waals surface area contributed by atoms with Crippen molar-refractivity contribution in [3.05, 3.63) is 64.2 Å². The molecule has 10 nitrogen and oxygen atoms in total. The molecule has 0 radical (unpaired) electrons. The summed E-state index contributed by atoms with van der Waals surface area (Å²) in [5.74, 6) is -0.205. The SMILES string of the molecule is COc1ccc([N+](=O)[O-])cc1NC(=O)CSc1n[nH]c(COc2ccccc2F)n1. The summed E-state index contributed by atoms with van der Waals surface area (Å²) in [7, 11) is 1.39. The summed E-state index contributed by atoms with van der Waals surface area (Å²) >= 11 is 1.05. The lowest BCUT2D eigenvalue weighted by Crippen LogP contribution is -2.15. The summed E-state index contributed by atoms with van der Waals surface area (Å²) in [5.41, 5.74) is 0.0125. The maximum atomic E-state index is 13.5. The molecule has 0 fully saturated rings. The van der Waals surface area contributed by atoms with Gasteiger partial charge in [0.2, 0.25) is 11.1 Å². The van der Waals surface area contributed by atoms with E-state index in [0.29, 0.717) is 16.7 Å². The molecule has 0 aliphatic rings. The fourth-order valence-electron chi connectivity index (χ4n) is 2.34. The number of anilines is 1. The zero-order valence-corrected chi connectivity index (χ0v) is 16.4. The van der Waals surface area contributed by atoms with Gasteiger partial charge in [0.15, 0.2) is 17.4 Å². The van der Waals surface area contributed by atoms with Gasteiger partial charge in [-0.25, -0.2) is 9.37 Å². The minimum absolute atomic E-state index is 0.0223. The highest BCUT2D eigenvalue weighted by Crippen LogP contribution is 2.29. The number of hydrogen-bond acceptors (Lipinski definition) is 8. The van der Waals surface area contributed by atoms with Crippen molar-refractivity contribution < 1.29 is 23.6 Å². The summed E-state index contributed by atoms with van der Waals surface area (Å²) in [4.78, 5) is 26.7. The highest BCUT2D eigenvalue weighted by atomic mass is 32.2. The number of non-ortho nitro benzene ring substituents is 1. The minimum Gasteiger partial charge on any atom is -0.495 e. The van der Waals surface area contributed by atoms with Crippen molar-refractivity contribution >= 4 is 29.0 Å². The van der Waals surface area contributed by atoms with E-state index in [9.17, 15) is 19.3 Å². The quantitative estimate of drug-likeness (QED) is 0.299. The van der Waals surface area contributed by atoms with E-state index in [-0.39, 0.29) is 29.5 Å². The highest BCUT2D eigenvalue weighted by Gasteiger charge is 2.15. The van der Waals surface area contributed by atoms with E-state index in [1.165, 1.54) is 37.4 Å². The molecule has 0 aliphatic heterocycles. The van der Waals surface area contributed by atoms with Crippen LogP contribution in [0.3, 0.4) is 0 Å². The number of nitrogens with zero attached hydrogens (tertiary/aromatic N) is 3. The number of H-pyrrole nitrogens is 1. The molecule has 3 rings (SSSR count). The second-order valence-electron chi connectivity index (χ2n) is 5.76. The zero-order chi connectivity index (χ0) is 21.5. The van der Waals surface area contributed by atoms with Crippen LogP contribution >= 0.6 is 11.8 Å². The lowest BCUT2D eigenvalue weighted by molar-refractivity contribution is -0.384. The van der Waals surface area contributed by atoms with Crippen LogP contribution in [0.5, 0.6) is 11.5 Å². The Morgan fingerprint density at radius 3 is 2.83 bits per heavy atom. The first kappa shape index (κ1) is 21.0. The van der Waals surface area contributed by atoms with E-state index in [1.54, 1.807) is 12.1 Å². The van der Waals surface area contributed by atoms with Gasteiger partial charge < -0.3 is 14.8 Å². The first-order valence-electron chi connectivity index (χ1n) is 8.50. The molecule has 2 aromatic carbocycles. The summed E-state index contributed by atoms with van der Waals surface area (Å²) in [6.45, 7) is -0.0223. The summed E-state index contributed by atoms with van der Waals surface area (Å²) in [6, 6.07) is 9.88. The van der Waals surface area contributed by atoms with Gasteiger partial charge in [0.1, 0.15) is 12.4 Å². The molecule has 0 spiro atoms. The van der Waals surface area contributed by atoms with Gasteiger partial charge in [0, 0.05) is 12.1 Å². The Hall–Kier alpha value is -3.67. The number of aromatic nitrogens is 3. The van der Waals surface area contributed by atoms with Gasteiger partial charge in [-0.15, -0.1) is 5.10 Å². The molecular weight excluding hydrogens is 417 g/mol. The fraction of sp³-hybridized carbons (Fsp3) is 0.167. The summed E-state index contributed by atoms with van der Waals surface area (Å²) in [6.07, 6.45) is 0. The molecule has 156 valence electrons. The second-order valence-corrected chi connectivity index (χ2v) is 6.70. The summed E-state index contributed by atoms with van der Waals surface area (Å²) < 4.78 is 24.0. The van der Waals surface area contributed by atoms with Gasteiger partial charge in [0.05, 0.1) is 23.5 Å². The standard InChI is InChI=1S/C18H16FN5O5S/c1-28-15-7-6-11(24(26)27)8-13(15)20-17(25)10-30-18-21-16(22-23-18)9-29-14-5-3-2-4-12(14)19/h2-8H,9-10H2,1H3,(H,20,25)(H,21,22,23). The first-order valence-corrected chi connectivity index (χ1v) is 9.48. The number of carbonyl (C=O) groups excluding carboxylic acids is 1. The third-order valence-corrected chi connectivity index (χ3v) is 4.56. The van der Waals surface area contributed by atoms with Gasteiger partial charge in [-0.1, -0.05) is 23.9 Å². The number of para-hydroxylation sites is 1. The number of methoxy groups -OCH3 is 1. The van der Waals surface area contributed by atoms with Crippen molar-refractivity contribution in [1.29, 1.82) is 0 Å². The maximum absolute atomic E-state index is 13.5. The van der Waals surface area contributed by atoms with E-state index in [2.05, 4.69) is 20.5 Å². The van der Waals surface area contributed by atoms with Crippen molar-refractivity contribution in [2.24, 2.45) is 0 Å². The van der Waals surface area contributed by atoms with Crippen LogP contribution in [0, 0.1) is 15.9 Å². The van der Waals surface area contributed by atoms with E-state index in [0.717, 1.165) is 11.8 Å². The Morgan fingerprint density at radius 2 is 2.10 bits per heavy atom. The average Bonchev–Trinajstić information content (AvgIpc) is 3.19. The molecule has 0 atom stereocenters. The van der Waals surface area contributed by atoms with E-state index >= 15 is 0 Å². The number of benzene rings is 2. The molecule has 0 unspecified atom stereocenters. The maximum Gasteiger partial charge on any atom is 0.271 e. The van der Waals surface area contributed by atoms with Crippen molar-refractivity contribution in [2.75, 3.05) is 18.2 Å². The molecule has 3 aromatic rings. The van der Waals surface area contributed by atoms with Crippen LogP contribution in [0.1, 0.15) is 5.82 Å². The zero-order valence-electron chi connectivity index (χ0n) is 15.6. The lowest BCUT2D eigenvalue weighted by atomic mass is 10.2. The Kier molecular flexibility index (Phi) is 6.80. The number of nitro benzene ring substituents is 1. The normalized spacial score (nSPS) is 10.5. The van der Waals surface area contributed by atoms with Crippen LogP contribution in [0.25, 0.3) is 0 Å². The fourth-order valence-corrected chi connectivity index (χ4v) is 2.96. The molecule has 0 aliphatic carbocycles.